The second-order valence-electron chi connectivity index (χ2n) is 24.6. The lowest BCUT2D eigenvalue weighted by Gasteiger charge is -2.58. The van der Waals surface area contributed by atoms with Crippen LogP contribution in [0.3, 0.4) is 0 Å². The highest BCUT2D eigenvalue weighted by Gasteiger charge is 2.58. The summed E-state index contributed by atoms with van der Waals surface area (Å²) in [5.74, 6) is 4.89. The van der Waals surface area contributed by atoms with Gasteiger partial charge in [-0.15, -0.1) is 0 Å². The molecule has 7 unspecified atom stereocenters. The Morgan fingerprint density at radius 2 is 1.41 bits per heavy atom. The van der Waals surface area contributed by atoms with Crippen molar-refractivity contribution in [1.82, 2.24) is 20.9 Å². The van der Waals surface area contributed by atoms with E-state index < -0.39 is 34.5 Å². The van der Waals surface area contributed by atoms with E-state index in [0.29, 0.717) is 24.9 Å². The van der Waals surface area contributed by atoms with Crippen LogP contribution in [0.2, 0.25) is 0 Å². The summed E-state index contributed by atoms with van der Waals surface area (Å²) in [6, 6.07) is 0. The molecule has 4 rings (SSSR count). The molecule has 0 radical (unpaired) electrons. The smallest absolute Gasteiger partial charge is 0.410 e. The Morgan fingerprint density at radius 1 is 0.778 bits per heavy atom. The molecule has 4 aliphatic rings. The van der Waals surface area contributed by atoms with Gasteiger partial charge in [-0.25, -0.2) is 14.4 Å². The van der Waals surface area contributed by atoms with Gasteiger partial charge >= 0.3 is 18.3 Å². The van der Waals surface area contributed by atoms with Gasteiger partial charge in [0.15, 0.2) is 0 Å². The fourth-order valence-electron chi connectivity index (χ4n) is 12.2. The van der Waals surface area contributed by atoms with Gasteiger partial charge in [-0.3, -0.25) is 0 Å². The molecule has 0 aromatic rings. The normalized spacial score (nSPS) is 27.9. The first-order valence-corrected chi connectivity index (χ1v) is 25.5. The Morgan fingerprint density at radius 3 is 2.02 bits per heavy atom. The highest BCUT2D eigenvalue weighted by molar-refractivity contribution is 5.69. The Hall–Kier alpha value is -2.49. The van der Waals surface area contributed by atoms with Gasteiger partial charge in [0, 0.05) is 30.6 Å². The Balaban J connectivity index is 1.33. The van der Waals surface area contributed by atoms with E-state index in [1.165, 1.54) is 63.4 Å². The van der Waals surface area contributed by atoms with Crippen LogP contribution in [0.5, 0.6) is 0 Å². The fraction of sp³-hybridized carbons (Fsp3) is 0.906. The highest BCUT2D eigenvalue weighted by Crippen LogP contribution is 2.67. The Bertz CT molecular complexity index is 1530. The lowest BCUT2D eigenvalue weighted by atomic mass is 9.47. The van der Waals surface area contributed by atoms with Gasteiger partial charge in [-0.05, 0) is 206 Å². The number of alkyl carbamates (subject to hydrolysis) is 2. The van der Waals surface area contributed by atoms with Gasteiger partial charge in [0.05, 0.1) is 0 Å². The predicted molar refractivity (Wildman–Crippen MR) is 258 cm³/mol. The first-order valence-electron chi connectivity index (χ1n) is 25.5. The molecule has 3 N–H and O–H groups in total. The van der Waals surface area contributed by atoms with Crippen molar-refractivity contribution in [2.24, 2.45) is 46.3 Å². The van der Waals surface area contributed by atoms with Crippen molar-refractivity contribution in [3.63, 3.8) is 0 Å². The van der Waals surface area contributed by atoms with Gasteiger partial charge in [0.25, 0.3) is 0 Å². The number of carbonyl (C=O) groups excluding carboxylic acids is 3. The summed E-state index contributed by atoms with van der Waals surface area (Å²) in [4.78, 5) is 41.0. The molecule has 10 heteroatoms. The zero-order chi connectivity index (χ0) is 47.0. The van der Waals surface area contributed by atoms with E-state index in [0.717, 1.165) is 87.1 Å². The average molecular weight is 885 g/mol. The lowest BCUT2D eigenvalue weighted by molar-refractivity contribution is -0.0535. The molecule has 0 aromatic heterocycles. The maximum absolute atomic E-state index is 14.1. The number of nitrogens with zero attached hydrogens (tertiary/aromatic N) is 1. The number of allylic oxidation sites excluding steroid dienone is 1. The molecule has 10 nitrogen and oxygen atoms in total. The molecule has 3 amide bonds. The summed E-state index contributed by atoms with van der Waals surface area (Å²) in [5.41, 5.74) is 0.0908. The molecule has 0 aliphatic heterocycles. The number of hydrogen-bond acceptors (Lipinski definition) is 7. The largest absolute Gasteiger partial charge is 0.446 e. The van der Waals surface area contributed by atoms with E-state index in [1.807, 2.05) is 74.1 Å². The van der Waals surface area contributed by atoms with Crippen LogP contribution in [0.4, 0.5) is 14.4 Å². The van der Waals surface area contributed by atoms with Crippen LogP contribution in [-0.4, -0.2) is 77.7 Å². The maximum atomic E-state index is 14.1. The molecule has 3 fully saturated rings. The van der Waals surface area contributed by atoms with Crippen molar-refractivity contribution in [1.29, 1.82) is 0 Å². The van der Waals surface area contributed by atoms with Gasteiger partial charge in [-0.2, -0.15) is 0 Å². The first-order chi connectivity index (χ1) is 29.2. The first kappa shape index (κ1) is 53.1. The summed E-state index contributed by atoms with van der Waals surface area (Å²) < 4.78 is 17.4. The standard InChI is InChI=1S/C53H96N4O6/c1-16-38(37(2)3)20-19-21-39-23-25-43-42-24-22-40-36-41(26-28-53(40,15)44(42)27-29-52(39,43)14)61-47(60)57(35-31-51(12,13)56-46(59)63-49(7,8)9)34-18-17-32-54-33-30-50(10,11)55-45(58)62-48(4,5)6/h22,37-39,41-44,54H,16-21,23-36H2,1-15H3,(H,55,58)(H,56,59)/t38-,39?,41?,42?,43?,44?,52?,53?/m1/s1. The third-order valence-corrected chi connectivity index (χ3v) is 16.0. The monoisotopic (exact) mass is 885 g/mol. The van der Waals surface area contributed by atoms with Crippen molar-refractivity contribution in [2.45, 2.75) is 235 Å². The fourth-order valence-corrected chi connectivity index (χ4v) is 12.2. The number of amides is 3. The lowest BCUT2D eigenvalue weighted by Crippen LogP contribution is -2.51. The van der Waals surface area contributed by atoms with Crippen LogP contribution >= 0.6 is 0 Å². The van der Waals surface area contributed by atoms with Crippen LogP contribution in [0, 0.1) is 46.3 Å². The maximum Gasteiger partial charge on any atom is 0.410 e. The van der Waals surface area contributed by atoms with Gasteiger partial charge in [0.1, 0.15) is 17.3 Å². The minimum atomic E-state index is -0.596. The van der Waals surface area contributed by atoms with E-state index in [2.05, 4.69) is 56.6 Å². The summed E-state index contributed by atoms with van der Waals surface area (Å²) in [6.07, 6.45) is 19.5. The van der Waals surface area contributed by atoms with E-state index in [-0.39, 0.29) is 17.6 Å². The van der Waals surface area contributed by atoms with Crippen LogP contribution in [0.15, 0.2) is 11.6 Å². The minimum Gasteiger partial charge on any atom is -0.446 e. The summed E-state index contributed by atoms with van der Waals surface area (Å²) in [5, 5.41) is 9.51. The summed E-state index contributed by atoms with van der Waals surface area (Å²) in [6.45, 7) is 34.1. The van der Waals surface area contributed by atoms with Gasteiger partial charge < -0.3 is 35.1 Å². The van der Waals surface area contributed by atoms with E-state index >= 15 is 0 Å². The second-order valence-corrected chi connectivity index (χ2v) is 24.6. The predicted octanol–water partition coefficient (Wildman–Crippen LogP) is 13.0. The third-order valence-electron chi connectivity index (χ3n) is 16.0. The quantitative estimate of drug-likeness (QED) is 0.0633. The topological polar surface area (TPSA) is 118 Å². The third kappa shape index (κ3) is 15.5. The number of rotatable bonds is 20. The van der Waals surface area contributed by atoms with Crippen LogP contribution in [0.25, 0.3) is 0 Å². The molecular formula is C53H96N4O6. The highest BCUT2D eigenvalue weighted by atomic mass is 16.6. The Kier molecular flexibility index (Phi) is 18.4. The van der Waals surface area contributed by atoms with E-state index in [9.17, 15) is 14.4 Å². The van der Waals surface area contributed by atoms with Crippen LogP contribution in [-0.2, 0) is 14.2 Å². The molecule has 4 aliphatic carbocycles. The van der Waals surface area contributed by atoms with Crippen molar-refractivity contribution < 1.29 is 28.6 Å². The molecule has 0 heterocycles. The minimum absolute atomic E-state index is 0.120. The van der Waals surface area contributed by atoms with Crippen LogP contribution < -0.4 is 16.0 Å². The van der Waals surface area contributed by atoms with E-state index in [1.54, 1.807) is 0 Å². The van der Waals surface area contributed by atoms with Crippen molar-refractivity contribution >= 4 is 18.3 Å². The summed E-state index contributed by atoms with van der Waals surface area (Å²) >= 11 is 0. The number of hydrogen-bond donors (Lipinski definition) is 3. The summed E-state index contributed by atoms with van der Waals surface area (Å²) in [7, 11) is 0. The molecule has 364 valence electrons. The second kappa shape index (κ2) is 21.9. The molecule has 0 bridgehead atoms. The number of nitrogens with one attached hydrogen (secondary N) is 3. The van der Waals surface area contributed by atoms with Gasteiger partial charge in [-0.1, -0.05) is 65.5 Å². The van der Waals surface area contributed by atoms with Crippen molar-refractivity contribution in [3.05, 3.63) is 11.6 Å². The number of fused-ring (bicyclic) bond motifs is 5. The zero-order valence-corrected chi connectivity index (χ0v) is 43.2. The number of carbonyl (C=O) groups is 3. The van der Waals surface area contributed by atoms with Crippen molar-refractivity contribution in [2.75, 3.05) is 26.2 Å². The SMILES string of the molecule is CC[C@H](CCCC1CCC2C3CC=C4CC(OC(=O)N(CCCCNCCC(C)(C)NC(=O)OC(C)(C)C)CCC(C)(C)NC(=O)OC(C)(C)C)CCC4(C)C3CCC12C)C(C)C. The Labute approximate surface area is 385 Å². The molecule has 63 heavy (non-hydrogen) atoms. The van der Waals surface area contributed by atoms with Crippen LogP contribution in [0.1, 0.15) is 207 Å². The zero-order valence-electron chi connectivity index (χ0n) is 43.2. The number of unbranched alkanes of at least 4 members (excludes halogenated alkanes) is 1. The molecule has 3 saturated carbocycles. The molecule has 0 spiro atoms. The van der Waals surface area contributed by atoms with E-state index in [4.69, 9.17) is 14.2 Å². The molecule has 0 saturated heterocycles. The molecule has 0 aromatic carbocycles. The molecular weight excluding hydrogens is 789 g/mol. The van der Waals surface area contributed by atoms with Crippen molar-refractivity contribution in [3.8, 4) is 0 Å². The average Bonchev–Trinajstić information content (AvgIpc) is 3.47. The number of ether oxygens (including phenoxy) is 3. The van der Waals surface area contributed by atoms with Gasteiger partial charge in [0.2, 0.25) is 0 Å². The molecule has 8 atom stereocenters.